The van der Waals surface area contributed by atoms with Crippen molar-refractivity contribution in [2.75, 3.05) is 0 Å². The quantitative estimate of drug-likeness (QED) is 0.208. The molecular weight excluding hydrogens is 609 g/mol. The fourth-order valence-electron chi connectivity index (χ4n) is 8.17. The number of rotatable bonds is 4. The molecule has 1 aliphatic carbocycles. The summed E-state index contributed by atoms with van der Waals surface area (Å²) in [4.78, 5) is 5.11. The van der Waals surface area contributed by atoms with Gasteiger partial charge in [-0.2, -0.15) is 0 Å². The van der Waals surface area contributed by atoms with Crippen LogP contribution in [0.2, 0.25) is 0 Å². The number of furan rings is 1. The Labute approximate surface area is 291 Å². The average Bonchev–Trinajstić information content (AvgIpc) is 3.66. The van der Waals surface area contributed by atoms with Gasteiger partial charge in [-0.1, -0.05) is 147 Å². The molecule has 6 aromatic carbocycles. The number of hydrogen-bond acceptors (Lipinski definition) is 3. The van der Waals surface area contributed by atoms with E-state index in [0.29, 0.717) is 5.71 Å². The standard InChI is InChI=1S/C47H34N2O/c1-47(2)39-18-10-8-14-34(39)35-25-24-32(26-40(35)47)42-28-33(27-41(48-42)30-12-4-3-5-13-30)29-20-22-31(23-21-29)45-37-16-7-6-15-36(37)44-38-17-9-11-19-43(38)50-46(44)49-45/h3-28,41,48H,1-2H3. The molecule has 3 heteroatoms. The summed E-state index contributed by atoms with van der Waals surface area (Å²) in [6.45, 7) is 4.68. The van der Waals surface area contributed by atoms with E-state index in [2.05, 4.69) is 165 Å². The van der Waals surface area contributed by atoms with Crippen LogP contribution in [0.15, 0.2) is 162 Å². The number of para-hydroxylation sites is 1. The molecule has 1 unspecified atom stereocenters. The highest BCUT2D eigenvalue weighted by atomic mass is 16.3. The summed E-state index contributed by atoms with van der Waals surface area (Å²) in [6, 6.07) is 52.1. The number of hydrogen-bond donors (Lipinski definition) is 1. The van der Waals surface area contributed by atoms with Crippen LogP contribution in [0.1, 0.15) is 47.7 Å². The molecule has 0 fully saturated rings. The van der Waals surface area contributed by atoms with Crippen LogP contribution in [-0.4, -0.2) is 4.98 Å². The topological polar surface area (TPSA) is 38.1 Å². The van der Waals surface area contributed by atoms with Gasteiger partial charge in [0.05, 0.1) is 17.1 Å². The number of aromatic nitrogens is 1. The summed E-state index contributed by atoms with van der Waals surface area (Å²) in [6.07, 6.45) is 4.65. The molecule has 2 aromatic heterocycles. The zero-order chi connectivity index (χ0) is 33.4. The number of allylic oxidation sites excluding steroid dienone is 2. The summed E-state index contributed by atoms with van der Waals surface area (Å²) < 4.78 is 6.27. The van der Waals surface area contributed by atoms with Crippen molar-refractivity contribution in [2.24, 2.45) is 0 Å². The first kappa shape index (κ1) is 28.8. The first-order valence-corrected chi connectivity index (χ1v) is 17.3. The van der Waals surface area contributed by atoms with E-state index >= 15 is 0 Å². The van der Waals surface area contributed by atoms with Crippen molar-refractivity contribution in [3.63, 3.8) is 0 Å². The fourth-order valence-corrected chi connectivity index (χ4v) is 8.17. The smallest absolute Gasteiger partial charge is 0.228 e. The van der Waals surface area contributed by atoms with Gasteiger partial charge in [-0.05, 0) is 74.2 Å². The molecule has 0 bridgehead atoms. The van der Waals surface area contributed by atoms with Gasteiger partial charge < -0.3 is 9.73 Å². The zero-order valence-corrected chi connectivity index (χ0v) is 27.9. The van der Waals surface area contributed by atoms with Crippen LogP contribution in [-0.2, 0) is 5.41 Å². The molecule has 238 valence electrons. The molecule has 3 heterocycles. The molecule has 8 aromatic rings. The van der Waals surface area contributed by atoms with Crippen LogP contribution in [0.4, 0.5) is 0 Å². The molecular formula is C47H34N2O. The molecule has 0 spiro atoms. The normalized spacial score (nSPS) is 16.2. The van der Waals surface area contributed by atoms with Gasteiger partial charge in [0, 0.05) is 27.4 Å². The van der Waals surface area contributed by atoms with E-state index in [4.69, 9.17) is 9.40 Å². The maximum Gasteiger partial charge on any atom is 0.228 e. The second-order valence-corrected chi connectivity index (χ2v) is 14.0. The minimum Gasteiger partial charge on any atom is -0.438 e. The van der Waals surface area contributed by atoms with E-state index < -0.39 is 0 Å². The molecule has 1 N–H and O–H groups in total. The molecule has 1 aliphatic heterocycles. The van der Waals surface area contributed by atoms with Gasteiger partial charge in [0.2, 0.25) is 5.71 Å². The van der Waals surface area contributed by atoms with Crippen molar-refractivity contribution in [1.29, 1.82) is 0 Å². The Morgan fingerprint density at radius 1 is 0.600 bits per heavy atom. The molecule has 0 amide bonds. The highest BCUT2D eigenvalue weighted by Gasteiger charge is 2.35. The SMILES string of the molecule is CC1(C)c2ccccc2-c2ccc(C3=CC(c4ccc(-c5nc6oc7ccccc7c6c6ccccc56)cc4)=CC(c4ccccc4)N3)cc21. The predicted octanol–water partition coefficient (Wildman–Crippen LogP) is 11.9. The van der Waals surface area contributed by atoms with E-state index in [1.165, 1.54) is 39.0 Å². The minimum absolute atomic E-state index is 0.0328. The average molecular weight is 643 g/mol. The fraction of sp³-hybridized carbons (Fsp3) is 0.0851. The monoisotopic (exact) mass is 642 g/mol. The lowest BCUT2D eigenvalue weighted by Crippen LogP contribution is -2.22. The van der Waals surface area contributed by atoms with Crippen LogP contribution < -0.4 is 5.32 Å². The Morgan fingerprint density at radius 3 is 2.10 bits per heavy atom. The van der Waals surface area contributed by atoms with Crippen LogP contribution in [0.5, 0.6) is 0 Å². The van der Waals surface area contributed by atoms with Crippen molar-refractivity contribution in [2.45, 2.75) is 25.3 Å². The van der Waals surface area contributed by atoms with Gasteiger partial charge >= 0.3 is 0 Å². The number of nitrogens with zero attached hydrogens (tertiary/aromatic N) is 1. The van der Waals surface area contributed by atoms with Crippen LogP contribution >= 0.6 is 0 Å². The molecule has 50 heavy (non-hydrogen) atoms. The second kappa shape index (κ2) is 10.9. The highest BCUT2D eigenvalue weighted by Crippen LogP contribution is 2.49. The lowest BCUT2D eigenvalue weighted by atomic mass is 9.81. The van der Waals surface area contributed by atoms with E-state index in [0.717, 1.165) is 49.6 Å². The molecule has 0 saturated heterocycles. The Bertz CT molecular complexity index is 2690. The summed E-state index contributed by atoms with van der Waals surface area (Å²) >= 11 is 0. The Kier molecular flexibility index (Phi) is 6.28. The zero-order valence-electron chi connectivity index (χ0n) is 27.9. The van der Waals surface area contributed by atoms with Gasteiger partial charge in [0.15, 0.2) is 0 Å². The van der Waals surface area contributed by atoms with Crippen LogP contribution in [0, 0.1) is 0 Å². The maximum absolute atomic E-state index is 6.27. The van der Waals surface area contributed by atoms with Crippen molar-refractivity contribution < 1.29 is 4.42 Å². The van der Waals surface area contributed by atoms with Gasteiger partial charge in [0.1, 0.15) is 5.58 Å². The van der Waals surface area contributed by atoms with Crippen molar-refractivity contribution in [3.8, 4) is 22.4 Å². The lowest BCUT2D eigenvalue weighted by molar-refractivity contribution is 0.655. The third-order valence-corrected chi connectivity index (χ3v) is 10.7. The van der Waals surface area contributed by atoms with E-state index in [1.54, 1.807) is 0 Å². The molecule has 10 rings (SSSR count). The third-order valence-electron chi connectivity index (χ3n) is 10.7. The summed E-state index contributed by atoms with van der Waals surface area (Å²) in [5.74, 6) is 0. The number of nitrogens with one attached hydrogen (secondary N) is 1. The molecule has 3 nitrogen and oxygen atoms in total. The summed E-state index contributed by atoms with van der Waals surface area (Å²) in [5.41, 5.74) is 14.8. The Balaban J connectivity index is 1.07. The lowest BCUT2D eigenvalue weighted by Gasteiger charge is -2.27. The van der Waals surface area contributed by atoms with Crippen molar-refractivity contribution >= 4 is 44.1 Å². The van der Waals surface area contributed by atoms with Crippen molar-refractivity contribution in [3.05, 3.63) is 186 Å². The first-order valence-electron chi connectivity index (χ1n) is 17.3. The highest BCUT2D eigenvalue weighted by molar-refractivity contribution is 6.20. The molecule has 2 aliphatic rings. The maximum atomic E-state index is 6.27. The minimum atomic E-state index is -0.0614. The largest absolute Gasteiger partial charge is 0.438 e. The summed E-state index contributed by atoms with van der Waals surface area (Å²) in [5, 5.41) is 8.31. The van der Waals surface area contributed by atoms with Crippen LogP contribution in [0.25, 0.3) is 66.5 Å². The van der Waals surface area contributed by atoms with Gasteiger partial charge in [-0.3, -0.25) is 0 Å². The van der Waals surface area contributed by atoms with E-state index in [-0.39, 0.29) is 11.5 Å². The second-order valence-electron chi connectivity index (χ2n) is 14.0. The van der Waals surface area contributed by atoms with Crippen LogP contribution in [0.3, 0.4) is 0 Å². The predicted molar refractivity (Wildman–Crippen MR) is 207 cm³/mol. The number of fused-ring (bicyclic) bond motifs is 8. The Morgan fingerprint density at radius 2 is 1.26 bits per heavy atom. The first-order chi connectivity index (χ1) is 24.5. The summed E-state index contributed by atoms with van der Waals surface area (Å²) in [7, 11) is 0. The Hall–Kier alpha value is -6.19. The molecule has 0 saturated carbocycles. The van der Waals surface area contributed by atoms with E-state index in [1.807, 2.05) is 12.1 Å². The third kappa shape index (κ3) is 4.40. The van der Waals surface area contributed by atoms with Crippen molar-refractivity contribution in [1.82, 2.24) is 10.3 Å². The van der Waals surface area contributed by atoms with Gasteiger partial charge in [-0.15, -0.1) is 0 Å². The number of benzene rings is 6. The van der Waals surface area contributed by atoms with E-state index in [9.17, 15) is 0 Å². The van der Waals surface area contributed by atoms with Gasteiger partial charge in [0.25, 0.3) is 0 Å². The number of dihydropyridines is 1. The molecule has 0 radical (unpaired) electrons. The van der Waals surface area contributed by atoms with Gasteiger partial charge in [-0.25, -0.2) is 4.98 Å². The number of pyridine rings is 1. The molecule has 1 atom stereocenters.